The van der Waals surface area contributed by atoms with Crippen LogP contribution in [-0.4, -0.2) is 48.7 Å². The smallest absolute Gasteiger partial charge is 0.262 e. The fourth-order valence-corrected chi connectivity index (χ4v) is 4.06. The van der Waals surface area contributed by atoms with Gasteiger partial charge in [0.15, 0.2) is 6.61 Å². The summed E-state index contributed by atoms with van der Waals surface area (Å²) >= 11 is 0. The van der Waals surface area contributed by atoms with Gasteiger partial charge in [-0.1, -0.05) is 43.3 Å². The van der Waals surface area contributed by atoms with E-state index in [0.29, 0.717) is 11.8 Å². The molecule has 0 unspecified atom stereocenters. The van der Waals surface area contributed by atoms with Crippen molar-refractivity contribution in [3.05, 3.63) is 71.4 Å². The third-order valence-corrected chi connectivity index (χ3v) is 5.86. The number of anilines is 3. The molecule has 1 N–H and O–H groups in total. The van der Waals surface area contributed by atoms with E-state index in [4.69, 9.17) is 4.74 Å². The highest BCUT2D eigenvalue weighted by atomic mass is 16.5. The Balaban J connectivity index is 1.36. The molecule has 7 heteroatoms. The molecule has 0 atom stereocenters. The maximum Gasteiger partial charge on any atom is 0.262 e. The number of piperazine rings is 1. The van der Waals surface area contributed by atoms with Gasteiger partial charge in [0.25, 0.3) is 5.91 Å². The molecule has 2 heterocycles. The molecule has 4 rings (SSSR count). The Kier molecular flexibility index (Phi) is 7.07. The normalized spacial score (nSPS) is 13.7. The number of nitrogens with zero attached hydrogens (tertiary/aromatic N) is 4. The lowest BCUT2D eigenvalue weighted by atomic mass is 10.1. The summed E-state index contributed by atoms with van der Waals surface area (Å²) in [5, 5.41) is 2.99. The minimum absolute atomic E-state index is 0.102. The summed E-state index contributed by atoms with van der Waals surface area (Å²) in [5.41, 5.74) is 5.06. The van der Waals surface area contributed by atoms with Crippen LogP contribution in [0.4, 0.5) is 17.3 Å². The molecule has 1 amide bonds. The van der Waals surface area contributed by atoms with E-state index in [9.17, 15) is 4.79 Å². The summed E-state index contributed by atoms with van der Waals surface area (Å²) in [6, 6.07) is 18.2. The van der Waals surface area contributed by atoms with Gasteiger partial charge in [0.2, 0.25) is 11.8 Å². The monoisotopic (exact) mass is 445 g/mol. The van der Waals surface area contributed by atoms with Crippen molar-refractivity contribution in [3.63, 3.8) is 0 Å². The predicted octanol–water partition coefficient (Wildman–Crippen LogP) is 4.00. The van der Waals surface area contributed by atoms with E-state index in [1.165, 1.54) is 5.69 Å². The van der Waals surface area contributed by atoms with Crippen LogP contribution < -0.4 is 19.9 Å². The number of ether oxygens (including phenoxy) is 1. The van der Waals surface area contributed by atoms with Gasteiger partial charge in [0, 0.05) is 49.3 Å². The van der Waals surface area contributed by atoms with Crippen LogP contribution in [0.3, 0.4) is 0 Å². The summed E-state index contributed by atoms with van der Waals surface area (Å²) in [6.45, 7) is 9.33. The summed E-state index contributed by atoms with van der Waals surface area (Å²) in [5.74, 6) is 0.859. The maximum absolute atomic E-state index is 12.6. The first-order valence-corrected chi connectivity index (χ1v) is 11.4. The Hall–Kier alpha value is -3.61. The van der Waals surface area contributed by atoms with Gasteiger partial charge < -0.3 is 19.9 Å². The van der Waals surface area contributed by atoms with Crippen molar-refractivity contribution in [2.75, 3.05) is 47.9 Å². The van der Waals surface area contributed by atoms with Gasteiger partial charge in [-0.05, 0) is 43.5 Å². The highest BCUT2D eigenvalue weighted by molar-refractivity contribution is 5.93. The van der Waals surface area contributed by atoms with Crippen LogP contribution in [0.25, 0.3) is 0 Å². The number of nitrogens with one attached hydrogen (secondary N) is 1. The first-order chi connectivity index (χ1) is 16.0. The Bertz CT molecular complexity index is 1100. The molecule has 172 valence electrons. The van der Waals surface area contributed by atoms with Crippen molar-refractivity contribution in [1.82, 2.24) is 9.97 Å². The van der Waals surface area contributed by atoms with Crippen LogP contribution in [0, 0.1) is 13.8 Å². The van der Waals surface area contributed by atoms with Crippen molar-refractivity contribution in [3.8, 4) is 5.88 Å². The number of hydrogen-bond donors (Lipinski definition) is 1. The van der Waals surface area contributed by atoms with Gasteiger partial charge in [-0.2, -0.15) is 4.98 Å². The van der Waals surface area contributed by atoms with E-state index < -0.39 is 0 Å². The van der Waals surface area contributed by atoms with Gasteiger partial charge >= 0.3 is 0 Å². The summed E-state index contributed by atoms with van der Waals surface area (Å²) in [4.78, 5) is 26.3. The number of aromatic nitrogens is 2. The molecule has 33 heavy (non-hydrogen) atoms. The van der Waals surface area contributed by atoms with Crippen LogP contribution in [0.2, 0.25) is 0 Å². The van der Waals surface area contributed by atoms with Crippen molar-refractivity contribution in [2.45, 2.75) is 27.2 Å². The second-order valence-electron chi connectivity index (χ2n) is 8.26. The Morgan fingerprint density at radius 1 is 0.970 bits per heavy atom. The molecular formula is C26H31N5O2. The minimum Gasteiger partial charge on any atom is -0.467 e. The number of rotatable bonds is 7. The maximum atomic E-state index is 12.6. The molecule has 0 bridgehead atoms. The topological polar surface area (TPSA) is 70.6 Å². The van der Waals surface area contributed by atoms with Crippen LogP contribution in [0.1, 0.15) is 23.7 Å². The van der Waals surface area contributed by atoms with E-state index in [-0.39, 0.29) is 12.5 Å². The highest BCUT2D eigenvalue weighted by Crippen LogP contribution is 2.22. The Labute approximate surface area is 195 Å². The third kappa shape index (κ3) is 5.61. The SMILES string of the molecule is CCc1cccc(C)c1NC(=O)COc1cc(C)nc(N2CCN(c3ccccc3)CC2)n1. The molecule has 7 nitrogen and oxygen atoms in total. The minimum atomic E-state index is -0.201. The predicted molar refractivity (Wildman–Crippen MR) is 132 cm³/mol. The van der Waals surface area contributed by atoms with E-state index in [1.54, 1.807) is 6.07 Å². The summed E-state index contributed by atoms with van der Waals surface area (Å²) in [7, 11) is 0. The molecule has 0 radical (unpaired) electrons. The van der Waals surface area contributed by atoms with Crippen molar-refractivity contribution < 1.29 is 9.53 Å². The van der Waals surface area contributed by atoms with E-state index in [2.05, 4.69) is 56.3 Å². The molecule has 1 aliphatic heterocycles. The third-order valence-electron chi connectivity index (χ3n) is 5.86. The average molecular weight is 446 g/mol. The number of amides is 1. The fourth-order valence-electron chi connectivity index (χ4n) is 4.06. The zero-order valence-corrected chi connectivity index (χ0v) is 19.5. The van der Waals surface area contributed by atoms with E-state index in [1.807, 2.05) is 38.1 Å². The second-order valence-corrected chi connectivity index (χ2v) is 8.26. The first-order valence-electron chi connectivity index (χ1n) is 11.4. The first kappa shape index (κ1) is 22.6. The van der Waals surface area contributed by atoms with Gasteiger partial charge in [-0.25, -0.2) is 4.98 Å². The Morgan fingerprint density at radius 2 is 1.70 bits per heavy atom. The quantitative estimate of drug-likeness (QED) is 0.593. The molecule has 3 aromatic rings. The van der Waals surface area contributed by atoms with Gasteiger partial charge in [0.1, 0.15) is 0 Å². The van der Waals surface area contributed by atoms with Crippen LogP contribution in [0.5, 0.6) is 5.88 Å². The number of hydrogen-bond acceptors (Lipinski definition) is 6. The zero-order chi connectivity index (χ0) is 23.2. The number of benzene rings is 2. The lowest BCUT2D eigenvalue weighted by molar-refractivity contribution is -0.118. The molecule has 1 fully saturated rings. The van der Waals surface area contributed by atoms with E-state index in [0.717, 1.165) is 55.1 Å². The molecular weight excluding hydrogens is 414 g/mol. The molecule has 0 saturated carbocycles. The van der Waals surface area contributed by atoms with Crippen molar-refractivity contribution in [2.24, 2.45) is 0 Å². The summed E-state index contributed by atoms with van der Waals surface area (Å²) in [6.07, 6.45) is 0.851. The molecule has 0 spiro atoms. The van der Waals surface area contributed by atoms with E-state index >= 15 is 0 Å². The molecule has 2 aromatic carbocycles. The lowest BCUT2D eigenvalue weighted by Gasteiger charge is -2.36. The standard InChI is InChI=1S/C26H31N5O2/c1-4-21-10-8-9-19(2)25(21)28-23(32)18-33-24-17-20(3)27-26(29-24)31-15-13-30(14-16-31)22-11-6-5-7-12-22/h5-12,17H,4,13-16,18H2,1-3H3,(H,28,32). The molecule has 0 aliphatic carbocycles. The number of carbonyl (C=O) groups excluding carboxylic acids is 1. The lowest BCUT2D eigenvalue weighted by Crippen LogP contribution is -2.47. The highest BCUT2D eigenvalue weighted by Gasteiger charge is 2.20. The number of para-hydroxylation sites is 2. The van der Waals surface area contributed by atoms with Crippen LogP contribution >= 0.6 is 0 Å². The fraction of sp³-hybridized carbons (Fsp3) is 0.346. The molecule has 1 saturated heterocycles. The molecule has 1 aromatic heterocycles. The molecule has 1 aliphatic rings. The number of carbonyl (C=O) groups is 1. The van der Waals surface area contributed by atoms with Crippen molar-refractivity contribution in [1.29, 1.82) is 0 Å². The van der Waals surface area contributed by atoms with Gasteiger partial charge in [-0.15, -0.1) is 0 Å². The average Bonchev–Trinajstić information content (AvgIpc) is 2.84. The van der Waals surface area contributed by atoms with Crippen LogP contribution in [-0.2, 0) is 11.2 Å². The Morgan fingerprint density at radius 3 is 2.42 bits per heavy atom. The van der Waals surface area contributed by atoms with Crippen LogP contribution in [0.15, 0.2) is 54.6 Å². The second kappa shape index (κ2) is 10.3. The van der Waals surface area contributed by atoms with Gasteiger partial charge in [0.05, 0.1) is 0 Å². The largest absolute Gasteiger partial charge is 0.467 e. The zero-order valence-electron chi connectivity index (χ0n) is 19.5. The summed E-state index contributed by atoms with van der Waals surface area (Å²) < 4.78 is 5.76. The van der Waals surface area contributed by atoms with Gasteiger partial charge in [-0.3, -0.25) is 4.79 Å². The number of aryl methyl sites for hydroxylation is 3. The van der Waals surface area contributed by atoms with Crippen molar-refractivity contribution >= 4 is 23.2 Å².